The van der Waals surface area contributed by atoms with Gasteiger partial charge in [0.25, 0.3) is 0 Å². The Kier molecular flexibility index (Phi) is 6.86. The van der Waals surface area contributed by atoms with E-state index in [0.29, 0.717) is 12.1 Å². The summed E-state index contributed by atoms with van der Waals surface area (Å²) in [5, 5.41) is 5.47. The summed E-state index contributed by atoms with van der Waals surface area (Å²) in [5.41, 5.74) is 1.55. The van der Waals surface area contributed by atoms with Crippen molar-refractivity contribution >= 4 is 15.8 Å². The molecule has 0 saturated heterocycles. The van der Waals surface area contributed by atoms with Gasteiger partial charge in [-0.1, -0.05) is 24.3 Å². The van der Waals surface area contributed by atoms with Gasteiger partial charge in [-0.15, -0.1) is 0 Å². The Bertz CT molecular complexity index is 626. The molecule has 0 atom stereocenters. The van der Waals surface area contributed by atoms with Gasteiger partial charge in [0.15, 0.2) is 15.8 Å². The fraction of sp³-hybridized carbons (Fsp3) is 0.500. The minimum Gasteiger partial charge on any atom is -0.356 e. The summed E-state index contributed by atoms with van der Waals surface area (Å²) in [4.78, 5) is 3.84. The molecular formula is C14H20F3N3O2S. The summed E-state index contributed by atoms with van der Waals surface area (Å²) in [6, 6.07) is 6.93. The largest absolute Gasteiger partial charge is 0.390 e. The average Bonchev–Trinajstić information content (AvgIpc) is 2.41. The van der Waals surface area contributed by atoms with Crippen LogP contribution >= 0.6 is 0 Å². The van der Waals surface area contributed by atoms with E-state index in [2.05, 4.69) is 15.6 Å². The summed E-state index contributed by atoms with van der Waals surface area (Å²) < 4.78 is 58.6. The second kappa shape index (κ2) is 8.19. The smallest absolute Gasteiger partial charge is 0.356 e. The van der Waals surface area contributed by atoms with Gasteiger partial charge in [0, 0.05) is 26.4 Å². The monoisotopic (exact) mass is 351 g/mol. The number of benzene rings is 1. The lowest BCUT2D eigenvalue weighted by Crippen LogP contribution is -2.38. The SMILES string of the molecule is CN=C(NCCC(F)(F)F)NCc1ccc(CS(C)(=O)=O)cc1. The van der Waals surface area contributed by atoms with Crippen molar-refractivity contribution in [3.8, 4) is 0 Å². The minimum absolute atomic E-state index is 0.0264. The van der Waals surface area contributed by atoms with Crippen LogP contribution in [0.25, 0.3) is 0 Å². The second-order valence-corrected chi connectivity index (χ2v) is 7.24. The third-order valence-electron chi connectivity index (χ3n) is 2.84. The van der Waals surface area contributed by atoms with Crippen molar-refractivity contribution < 1.29 is 21.6 Å². The highest BCUT2D eigenvalue weighted by molar-refractivity contribution is 7.89. The molecule has 0 aromatic heterocycles. The molecule has 0 spiro atoms. The number of alkyl halides is 3. The molecule has 23 heavy (non-hydrogen) atoms. The summed E-state index contributed by atoms with van der Waals surface area (Å²) >= 11 is 0. The van der Waals surface area contributed by atoms with E-state index in [1.165, 1.54) is 13.3 Å². The molecule has 1 aromatic rings. The van der Waals surface area contributed by atoms with Crippen molar-refractivity contribution in [2.45, 2.75) is 24.9 Å². The van der Waals surface area contributed by atoms with Crippen LogP contribution in [0.5, 0.6) is 0 Å². The second-order valence-electron chi connectivity index (χ2n) is 5.10. The number of nitrogens with one attached hydrogen (secondary N) is 2. The Balaban J connectivity index is 2.47. The van der Waals surface area contributed by atoms with Gasteiger partial charge in [-0.25, -0.2) is 8.42 Å². The topological polar surface area (TPSA) is 70.6 Å². The Hall–Kier alpha value is -1.77. The first-order valence-electron chi connectivity index (χ1n) is 6.86. The van der Waals surface area contributed by atoms with Crippen molar-refractivity contribution in [3.05, 3.63) is 35.4 Å². The Morgan fingerprint density at radius 1 is 1.13 bits per heavy atom. The molecule has 5 nitrogen and oxygen atoms in total. The van der Waals surface area contributed by atoms with Crippen molar-refractivity contribution in [1.82, 2.24) is 10.6 Å². The maximum Gasteiger partial charge on any atom is 0.390 e. The van der Waals surface area contributed by atoms with Crippen molar-refractivity contribution in [1.29, 1.82) is 0 Å². The number of halogens is 3. The minimum atomic E-state index is -4.21. The molecule has 130 valence electrons. The van der Waals surface area contributed by atoms with Gasteiger partial charge in [0.2, 0.25) is 0 Å². The maximum atomic E-state index is 12.1. The lowest BCUT2D eigenvalue weighted by Gasteiger charge is -2.13. The Morgan fingerprint density at radius 2 is 1.70 bits per heavy atom. The van der Waals surface area contributed by atoms with E-state index in [9.17, 15) is 21.6 Å². The van der Waals surface area contributed by atoms with Crippen LogP contribution in [-0.2, 0) is 22.1 Å². The highest BCUT2D eigenvalue weighted by Gasteiger charge is 2.26. The van der Waals surface area contributed by atoms with E-state index in [1.807, 2.05) is 0 Å². The normalized spacial score (nSPS) is 13.0. The molecule has 0 heterocycles. The van der Waals surface area contributed by atoms with Gasteiger partial charge >= 0.3 is 6.18 Å². The number of nitrogens with zero attached hydrogens (tertiary/aromatic N) is 1. The first-order valence-corrected chi connectivity index (χ1v) is 8.92. The predicted octanol–water partition coefficient (Wildman–Crippen LogP) is 1.85. The zero-order valence-electron chi connectivity index (χ0n) is 12.9. The third kappa shape index (κ3) is 9.07. The molecule has 9 heteroatoms. The van der Waals surface area contributed by atoms with E-state index >= 15 is 0 Å². The fourth-order valence-corrected chi connectivity index (χ4v) is 2.58. The summed E-state index contributed by atoms with van der Waals surface area (Å²) in [6.45, 7) is 0.112. The molecule has 2 N–H and O–H groups in total. The van der Waals surface area contributed by atoms with Crippen LogP contribution in [0.4, 0.5) is 13.2 Å². The molecule has 0 saturated carbocycles. The maximum absolute atomic E-state index is 12.1. The fourth-order valence-electron chi connectivity index (χ4n) is 1.79. The van der Waals surface area contributed by atoms with Crippen LogP contribution in [-0.4, -0.2) is 40.4 Å². The number of guanidine groups is 1. The highest BCUT2D eigenvalue weighted by Crippen LogP contribution is 2.18. The van der Waals surface area contributed by atoms with Gasteiger partial charge < -0.3 is 10.6 Å². The van der Waals surface area contributed by atoms with Crippen molar-refractivity contribution in [3.63, 3.8) is 0 Å². The average molecular weight is 351 g/mol. The number of hydrogen-bond donors (Lipinski definition) is 2. The van der Waals surface area contributed by atoms with E-state index in [4.69, 9.17) is 0 Å². The summed E-state index contributed by atoms with van der Waals surface area (Å²) in [5.74, 6) is 0.246. The zero-order valence-corrected chi connectivity index (χ0v) is 13.8. The van der Waals surface area contributed by atoms with Gasteiger partial charge in [0.05, 0.1) is 12.2 Å². The van der Waals surface area contributed by atoms with Crippen molar-refractivity contribution in [2.75, 3.05) is 19.8 Å². The Labute approximate surface area is 133 Å². The van der Waals surface area contributed by atoms with Crippen LogP contribution in [0.3, 0.4) is 0 Å². The molecule has 0 amide bonds. The molecule has 0 bridgehead atoms. The van der Waals surface area contributed by atoms with E-state index in [-0.39, 0.29) is 18.3 Å². The zero-order chi connectivity index (χ0) is 17.5. The molecule has 0 aliphatic heterocycles. The predicted molar refractivity (Wildman–Crippen MR) is 83.9 cm³/mol. The van der Waals surface area contributed by atoms with Crippen LogP contribution in [0.1, 0.15) is 17.5 Å². The first-order chi connectivity index (χ1) is 10.6. The molecule has 0 aliphatic rings. The molecule has 0 aliphatic carbocycles. The van der Waals surface area contributed by atoms with Gasteiger partial charge in [0.1, 0.15) is 0 Å². The molecule has 0 fully saturated rings. The quantitative estimate of drug-likeness (QED) is 0.606. The highest BCUT2D eigenvalue weighted by atomic mass is 32.2. The van der Waals surface area contributed by atoms with Crippen LogP contribution < -0.4 is 10.6 Å². The standard InChI is InChI=1S/C14H20F3N3O2S/c1-18-13(19-8-7-14(15,16)17)20-9-11-3-5-12(6-4-11)10-23(2,21)22/h3-6H,7-10H2,1-2H3,(H2,18,19,20). The summed E-state index contributed by atoms with van der Waals surface area (Å²) in [7, 11) is -1.61. The van der Waals surface area contributed by atoms with Crippen LogP contribution in [0.15, 0.2) is 29.3 Å². The molecule has 0 unspecified atom stereocenters. The van der Waals surface area contributed by atoms with Crippen LogP contribution in [0.2, 0.25) is 0 Å². The lowest BCUT2D eigenvalue weighted by atomic mass is 10.1. The first kappa shape index (κ1) is 19.3. The number of sulfone groups is 1. The van der Waals surface area contributed by atoms with Gasteiger partial charge in [-0.05, 0) is 11.1 Å². The molecule has 1 aromatic carbocycles. The number of aliphatic imine (C=N–C) groups is 1. The van der Waals surface area contributed by atoms with Gasteiger partial charge in [-0.2, -0.15) is 13.2 Å². The van der Waals surface area contributed by atoms with E-state index < -0.39 is 22.4 Å². The van der Waals surface area contributed by atoms with Crippen molar-refractivity contribution in [2.24, 2.45) is 4.99 Å². The van der Waals surface area contributed by atoms with Gasteiger partial charge in [-0.3, -0.25) is 4.99 Å². The number of rotatable bonds is 6. The number of hydrogen-bond acceptors (Lipinski definition) is 3. The molecular weight excluding hydrogens is 331 g/mol. The summed E-state index contributed by atoms with van der Waals surface area (Å²) in [6.07, 6.45) is -3.98. The van der Waals surface area contributed by atoms with Crippen LogP contribution in [0, 0.1) is 0 Å². The van der Waals surface area contributed by atoms with E-state index in [0.717, 1.165) is 5.56 Å². The molecule has 0 radical (unpaired) electrons. The molecule has 1 rings (SSSR count). The Morgan fingerprint density at radius 3 is 2.17 bits per heavy atom. The third-order valence-corrected chi connectivity index (χ3v) is 3.69. The van der Waals surface area contributed by atoms with E-state index in [1.54, 1.807) is 24.3 Å². The lowest BCUT2D eigenvalue weighted by molar-refractivity contribution is -0.132.